The average Bonchev–Trinajstić information content (AvgIpc) is 3.31. The molecule has 3 heterocycles. The van der Waals surface area contributed by atoms with Crippen molar-refractivity contribution in [1.29, 1.82) is 0 Å². The minimum Gasteiger partial charge on any atom is -0.504 e. The molecule has 5 rings (SSSR count). The molecular weight excluding hydrogens is 604 g/mol. The van der Waals surface area contributed by atoms with Gasteiger partial charge in [-0.25, -0.2) is 9.59 Å². The van der Waals surface area contributed by atoms with Gasteiger partial charge in [-0.05, 0) is 30.3 Å². The summed E-state index contributed by atoms with van der Waals surface area (Å²) in [5.41, 5.74) is -2.66. The first-order chi connectivity index (χ1) is 21.5. The molecule has 3 aromatic rings. The highest BCUT2D eigenvalue weighted by molar-refractivity contribution is 5.90. The number of esters is 1. The monoisotopic (exact) mass is 636 g/mol. The molecule has 2 aliphatic heterocycles. The number of methoxy groups -OCH3 is 2. The van der Waals surface area contributed by atoms with E-state index in [2.05, 4.69) is 0 Å². The smallest absolute Gasteiger partial charge is 0.338 e. The molecule has 0 aliphatic carbocycles. The molecule has 16 heteroatoms. The summed E-state index contributed by atoms with van der Waals surface area (Å²) in [6.07, 6.45) is -11.4. The van der Waals surface area contributed by atoms with Crippen LogP contribution in [-0.2, 0) is 18.9 Å². The number of ether oxygens (including phenoxy) is 7. The van der Waals surface area contributed by atoms with Crippen LogP contribution in [0, 0.1) is 0 Å². The van der Waals surface area contributed by atoms with Gasteiger partial charge in [0.25, 0.3) is 0 Å². The molecule has 0 bridgehead atoms. The van der Waals surface area contributed by atoms with E-state index in [1.54, 1.807) is 0 Å². The van der Waals surface area contributed by atoms with Gasteiger partial charge >= 0.3 is 11.6 Å². The predicted octanol–water partition coefficient (Wildman–Crippen LogP) is -0.976. The molecular formula is C29H32O16. The van der Waals surface area contributed by atoms with Gasteiger partial charge in [0.05, 0.1) is 33.0 Å². The fraction of sp³-hybridized carbons (Fsp3) is 0.448. The van der Waals surface area contributed by atoms with Gasteiger partial charge < -0.3 is 68.2 Å². The Balaban J connectivity index is 1.33. The highest BCUT2D eigenvalue weighted by Crippen LogP contribution is 2.37. The third-order valence-electron chi connectivity index (χ3n) is 7.44. The van der Waals surface area contributed by atoms with Crippen molar-refractivity contribution >= 4 is 16.9 Å². The number of rotatable bonds is 10. The summed E-state index contributed by atoms with van der Waals surface area (Å²) in [7, 11) is 2.65. The molecule has 0 amide bonds. The summed E-state index contributed by atoms with van der Waals surface area (Å²) in [6, 6.07) is 9.29. The largest absolute Gasteiger partial charge is 0.504 e. The summed E-state index contributed by atoms with van der Waals surface area (Å²) < 4.78 is 43.5. The van der Waals surface area contributed by atoms with Crippen LogP contribution in [0.5, 0.6) is 23.0 Å². The van der Waals surface area contributed by atoms with Crippen molar-refractivity contribution in [1.82, 2.24) is 0 Å². The molecule has 2 fully saturated rings. The summed E-state index contributed by atoms with van der Waals surface area (Å²) in [5.74, 6) is -0.951. The second kappa shape index (κ2) is 13.2. The van der Waals surface area contributed by atoms with Crippen LogP contribution >= 0.6 is 0 Å². The van der Waals surface area contributed by atoms with E-state index < -0.39 is 80.1 Å². The van der Waals surface area contributed by atoms with Gasteiger partial charge in [0.2, 0.25) is 6.29 Å². The van der Waals surface area contributed by atoms with Crippen molar-refractivity contribution < 1.29 is 73.0 Å². The van der Waals surface area contributed by atoms with Gasteiger partial charge in [0.1, 0.15) is 36.6 Å². The fourth-order valence-electron chi connectivity index (χ4n) is 4.88. The highest BCUT2D eigenvalue weighted by atomic mass is 16.8. The number of phenolic OH excluding ortho intramolecular Hbond substituents is 1. The van der Waals surface area contributed by atoms with Crippen molar-refractivity contribution in [3.8, 4) is 23.0 Å². The number of benzene rings is 2. The fourth-order valence-corrected chi connectivity index (χ4v) is 4.88. The lowest BCUT2D eigenvalue weighted by molar-refractivity contribution is -0.319. The van der Waals surface area contributed by atoms with Crippen LogP contribution in [0.15, 0.2) is 51.7 Å². The summed E-state index contributed by atoms with van der Waals surface area (Å²) in [6.45, 7) is -2.02. The lowest BCUT2D eigenvalue weighted by Crippen LogP contribution is -2.62. The van der Waals surface area contributed by atoms with Gasteiger partial charge in [0, 0.05) is 17.5 Å². The van der Waals surface area contributed by atoms with Crippen LogP contribution in [0.2, 0.25) is 0 Å². The Morgan fingerprint density at radius 3 is 2.44 bits per heavy atom. The van der Waals surface area contributed by atoms with E-state index in [1.165, 1.54) is 56.7 Å². The maximum Gasteiger partial charge on any atom is 0.338 e. The Labute approximate surface area is 254 Å². The topological polar surface area (TPSA) is 233 Å². The Morgan fingerprint density at radius 2 is 1.73 bits per heavy atom. The second-order valence-electron chi connectivity index (χ2n) is 10.4. The van der Waals surface area contributed by atoms with Gasteiger partial charge in [-0.2, -0.15) is 0 Å². The SMILES string of the molecule is COc1cc(C(=O)OCC2(O)COC(OC3C(Oc4cc5oc(=O)ccc5cc4OC)OC(CO)C(O)C3O)C2O)ccc1O. The molecule has 6 N–H and O–H groups in total. The maximum atomic E-state index is 12.6. The van der Waals surface area contributed by atoms with Gasteiger partial charge in [-0.15, -0.1) is 0 Å². The van der Waals surface area contributed by atoms with E-state index in [1.807, 2.05) is 0 Å². The number of hydrogen-bond acceptors (Lipinski definition) is 16. The summed E-state index contributed by atoms with van der Waals surface area (Å²) in [5, 5.41) is 63.4. The van der Waals surface area contributed by atoms with E-state index in [0.717, 1.165) is 0 Å². The number of fused-ring (bicyclic) bond motifs is 1. The maximum absolute atomic E-state index is 12.6. The molecule has 0 radical (unpaired) electrons. The predicted molar refractivity (Wildman–Crippen MR) is 148 cm³/mol. The van der Waals surface area contributed by atoms with Crippen LogP contribution in [0.25, 0.3) is 11.0 Å². The van der Waals surface area contributed by atoms with Gasteiger partial charge in [-0.3, -0.25) is 0 Å². The first kappa shape index (κ1) is 32.4. The molecule has 45 heavy (non-hydrogen) atoms. The van der Waals surface area contributed by atoms with Crippen molar-refractivity contribution in [2.75, 3.05) is 34.0 Å². The molecule has 8 unspecified atom stereocenters. The average molecular weight is 637 g/mol. The van der Waals surface area contributed by atoms with Crippen LogP contribution < -0.4 is 19.8 Å². The molecule has 2 aromatic carbocycles. The standard InChI is InChI=1S/C29H32O16/c1-38-17-8-14(3-5-15(17)31)26(36)40-11-29(37)12-41-28(25(29)35)45-24-23(34)22(33)20(10-30)44-27(24)43-19-9-16-13(7-18(19)39-2)4-6-21(32)42-16/h3-9,20,22-25,27-28,30-31,33-35,37H,10-12H2,1-2H3. The zero-order valence-corrected chi connectivity index (χ0v) is 24.0. The van der Waals surface area contributed by atoms with E-state index in [-0.39, 0.29) is 34.1 Å². The molecule has 2 saturated heterocycles. The van der Waals surface area contributed by atoms with Crippen molar-refractivity contribution in [3.63, 3.8) is 0 Å². The van der Waals surface area contributed by atoms with E-state index in [0.29, 0.717) is 5.39 Å². The van der Waals surface area contributed by atoms with E-state index in [9.17, 15) is 40.2 Å². The lowest BCUT2D eigenvalue weighted by atomic mass is 9.98. The van der Waals surface area contributed by atoms with Gasteiger partial charge in [-0.1, -0.05) is 0 Å². The summed E-state index contributed by atoms with van der Waals surface area (Å²) in [4.78, 5) is 24.3. The third-order valence-corrected chi connectivity index (χ3v) is 7.44. The van der Waals surface area contributed by atoms with E-state index in [4.69, 9.17) is 37.6 Å². The molecule has 244 valence electrons. The van der Waals surface area contributed by atoms with Gasteiger partial charge in [0.15, 0.2) is 41.0 Å². The molecule has 16 nitrogen and oxygen atoms in total. The Kier molecular flexibility index (Phi) is 9.47. The Morgan fingerprint density at radius 1 is 0.978 bits per heavy atom. The summed E-state index contributed by atoms with van der Waals surface area (Å²) >= 11 is 0. The third kappa shape index (κ3) is 6.54. The van der Waals surface area contributed by atoms with E-state index >= 15 is 0 Å². The lowest BCUT2D eigenvalue weighted by Gasteiger charge is -2.42. The Bertz CT molecular complexity index is 1570. The first-order valence-electron chi connectivity index (χ1n) is 13.6. The molecule has 0 spiro atoms. The number of aliphatic hydroxyl groups excluding tert-OH is 4. The minimum atomic E-state index is -2.16. The molecule has 0 saturated carbocycles. The van der Waals surface area contributed by atoms with Crippen LogP contribution in [0.3, 0.4) is 0 Å². The van der Waals surface area contributed by atoms with Crippen molar-refractivity contribution in [2.24, 2.45) is 0 Å². The minimum absolute atomic E-state index is 0.00672. The molecule has 2 aliphatic rings. The zero-order chi connectivity index (χ0) is 32.5. The normalized spacial score (nSPS) is 29.8. The zero-order valence-electron chi connectivity index (χ0n) is 24.0. The van der Waals surface area contributed by atoms with Crippen molar-refractivity contribution in [2.45, 2.75) is 48.7 Å². The number of carbonyl (C=O) groups excluding carboxylic acids is 1. The van der Waals surface area contributed by atoms with Crippen LogP contribution in [-0.4, -0.2) is 119 Å². The molecule has 8 atom stereocenters. The number of aromatic hydroxyl groups is 1. The van der Waals surface area contributed by atoms with Crippen molar-refractivity contribution in [3.05, 3.63) is 58.4 Å². The Hall–Kier alpha value is -4.00. The number of phenols is 1. The quantitative estimate of drug-likeness (QED) is 0.116. The molecule has 1 aromatic heterocycles. The van der Waals surface area contributed by atoms with Crippen LogP contribution in [0.1, 0.15) is 10.4 Å². The van der Waals surface area contributed by atoms with Crippen LogP contribution in [0.4, 0.5) is 0 Å². The number of carbonyl (C=O) groups is 1. The first-order valence-corrected chi connectivity index (χ1v) is 13.6. The number of hydrogen-bond donors (Lipinski definition) is 6. The number of aliphatic hydroxyl groups is 5. The second-order valence-corrected chi connectivity index (χ2v) is 10.4. The highest BCUT2D eigenvalue weighted by Gasteiger charge is 2.54.